The molecule has 2 aromatic rings. The predicted octanol–water partition coefficient (Wildman–Crippen LogP) is 4.82. The van der Waals surface area contributed by atoms with E-state index < -0.39 is 0 Å². The van der Waals surface area contributed by atoms with E-state index in [1.165, 1.54) is 9.13 Å². The second-order valence-electron chi connectivity index (χ2n) is 6.05. The Bertz CT molecular complexity index is 699. The van der Waals surface area contributed by atoms with Gasteiger partial charge in [0.2, 0.25) is 0 Å². The highest BCUT2D eigenvalue weighted by Gasteiger charge is 2.30. The van der Waals surface area contributed by atoms with Gasteiger partial charge in [0.25, 0.3) is 0 Å². The molecule has 1 aliphatic rings. The lowest BCUT2D eigenvalue weighted by atomic mass is 9.95. The summed E-state index contributed by atoms with van der Waals surface area (Å²) in [5.74, 6) is 0.986. The zero-order chi connectivity index (χ0) is 15.2. The smallest absolute Gasteiger partial charge is 0.123 e. The lowest BCUT2D eigenvalue weighted by molar-refractivity contribution is 0.138. The van der Waals surface area contributed by atoms with E-state index in [4.69, 9.17) is 10.5 Å². The van der Waals surface area contributed by atoms with E-state index in [2.05, 4.69) is 76.6 Å². The van der Waals surface area contributed by atoms with Crippen molar-refractivity contribution in [2.24, 2.45) is 5.73 Å². The van der Waals surface area contributed by atoms with Gasteiger partial charge in [-0.05, 0) is 77.4 Å². The third-order valence-corrected chi connectivity index (χ3v) is 5.21. The van der Waals surface area contributed by atoms with Crippen molar-refractivity contribution in [1.82, 2.24) is 0 Å². The molecule has 110 valence electrons. The molecule has 3 rings (SSSR count). The molecule has 0 aliphatic carbocycles. The number of rotatable bonds is 2. The van der Waals surface area contributed by atoms with Gasteiger partial charge in [-0.15, -0.1) is 0 Å². The number of fused-ring (bicyclic) bond motifs is 1. The molecular weight excluding hydrogens is 441 g/mol. The molecule has 0 radical (unpaired) electrons. The normalized spacial score (nSPS) is 17.2. The maximum Gasteiger partial charge on any atom is 0.123 e. The first-order chi connectivity index (χ1) is 9.85. The lowest BCUT2D eigenvalue weighted by Crippen LogP contribution is -2.24. The van der Waals surface area contributed by atoms with Crippen molar-refractivity contribution in [2.45, 2.75) is 31.9 Å². The van der Waals surface area contributed by atoms with Gasteiger partial charge in [0.1, 0.15) is 11.4 Å². The summed E-state index contributed by atoms with van der Waals surface area (Å²) < 4.78 is 8.16. The number of ether oxygens (including phenoxy) is 1. The fourth-order valence-electron chi connectivity index (χ4n) is 2.76. The SMILES string of the molecule is CC1(C)Cc2cc(C(N)c3cc(Br)ccc3I)ccc2O1. The van der Waals surface area contributed by atoms with Crippen LogP contribution in [0.4, 0.5) is 0 Å². The molecule has 2 N–H and O–H groups in total. The predicted molar refractivity (Wildman–Crippen MR) is 97.7 cm³/mol. The van der Waals surface area contributed by atoms with Crippen LogP contribution in [0, 0.1) is 3.57 Å². The minimum Gasteiger partial charge on any atom is -0.487 e. The largest absolute Gasteiger partial charge is 0.487 e. The van der Waals surface area contributed by atoms with Gasteiger partial charge in [0.05, 0.1) is 6.04 Å². The number of hydrogen-bond acceptors (Lipinski definition) is 2. The highest BCUT2D eigenvalue weighted by molar-refractivity contribution is 14.1. The van der Waals surface area contributed by atoms with Crippen molar-refractivity contribution < 1.29 is 4.74 Å². The average molecular weight is 458 g/mol. The molecule has 1 aliphatic heterocycles. The first kappa shape index (κ1) is 15.3. The van der Waals surface area contributed by atoms with Crippen molar-refractivity contribution >= 4 is 38.5 Å². The minimum atomic E-state index is -0.122. The van der Waals surface area contributed by atoms with E-state index >= 15 is 0 Å². The Balaban J connectivity index is 1.97. The maximum atomic E-state index is 6.48. The monoisotopic (exact) mass is 457 g/mol. The Labute approximate surface area is 147 Å². The zero-order valence-corrected chi connectivity index (χ0v) is 15.7. The molecule has 0 spiro atoms. The van der Waals surface area contributed by atoms with Crippen molar-refractivity contribution in [3.05, 3.63) is 61.1 Å². The second-order valence-corrected chi connectivity index (χ2v) is 8.13. The molecule has 0 saturated heterocycles. The topological polar surface area (TPSA) is 35.2 Å². The second kappa shape index (κ2) is 5.56. The van der Waals surface area contributed by atoms with Gasteiger partial charge in [-0.1, -0.05) is 28.1 Å². The van der Waals surface area contributed by atoms with E-state index in [-0.39, 0.29) is 11.6 Å². The number of hydrogen-bond donors (Lipinski definition) is 1. The highest BCUT2D eigenvalue weighted by Crippen LogP contribution is 2.37. The summed E-state index contributed by atoms with van der Waals surface area (Å²) in [5.41, 5.74) is 9.89. The summed E-state index contributed by atoms with van der Waals surface area (Å²) in [6.45, 7) is 4.23. The highest BCUT2D eigenvalue weighted by atomic mass is 127. The molecule has 21 heavy (non-hydrogen) atoms. The standard InChI is InChI=1S/C17H17BrINO/c1-17(2)9-11-7-10(3-6-15(11)21-17)16(20)13-8-12(18)4-5-14(13)19/h3-8,16H,9,20H2,1-2H3. The number of halogens is 2. The summed E-state index contributed by atoms with van der Waals surface area (Å²) >= 11 is 5.86. The molecule has 4 heteroatoms. The van der Waals surface area contributed by atoms with Gasteiger partial charge >= 0.3 is 0 Å². The van der Waals surface area contributed by atoms with Crippen LogP contribution in [0.25, 0.3) is 0 Å². The summed E-state index contributed by atoms with van der Waals surface area (Å²) in [6, 6.07) is 12.4. The van der Waals surface area contributed by atoms with Crippen molar-refractivity contribution in [1.29, 1.82) is 0 Å². The van der Waals surface area contributed by atoms with Crippen LogP contribution in [0.5, 0.6) is 5.75 Å². The van der Waals surface area contributed by atoms with Crippen molar-refractivity contribution in [3.8, 4) is 5.75 Å². The first-order valence-electron chi connectivity index (χ1n) is 6.88. The van der Waals surface area contributed by atoms with Crippen LogP contribution in [-0.2, 0) is 6.42 Å². The maximum absolute atomic E-state index is 6.48. The Morgan fingerprint density at radius 2 is 2.00 bits per heavy atom. The van der Waals surface area contributed by atoms with Crippen LogP contribution in [0.15, 0.2) is 40.9 Å². The molecule has 1 atom stereocenters. The molecule has 1 unspecified atom stereocenters. The van der Waals surface area contributed by atoms with Crippen molar-refractivity contribution in [2.75, 3.05) is 0 Å². The van der Waals surface area contributed by atoms with Crippen LogP contribution < -0.4 is 10.5 Å². The fourth-order valence-corrected chi connectivity index (χ4v) is 3.81. The summed E-state index contributed by atoms with van der Waals surface area (Å²) in [5, 5.41) is 0. The van der Waals surface area contributed by atoms with Crippen LogP contribution in [-0.4, -0.2) is 5.60 Å². The average Bonchev–Trinajstić information content (AvgIpc) is 2.73. The molecule has 1 heterocycles. The molecule has 2 aromatic carbocycles. The number of nitrogens with two attached hydrogens (primary N) is 1. The van der Waals surface area contributed by atoms with Crippen LogP contribution in [0.1, 0.15) is 36.6 Å². The van der Waals surface area contributed by atoms with Gasteiger partial charge < -0.3 is 10.5 Å². The van der Waals surface area contributed by atoms with Crippen molar-refractivity contribution in [3.63, 3.8) is 0 Å². The third-order valence-electron chi connectivity index (χ3n) is 3.74. The van der Waals surface area contributed by atoms with E-state index in [0.29, 0.717) is 0 Å². The van der Waals surface area contributed by atoms with Gasteiger partial charge in [-0.2, -0.15) is 0 Å². The third kappa shape index (κ3) is 3.12. The minimum absolute atomic E-state index is 0.116. The van der Waals surface area contributed by atoms with Gasteiger partial charge in [0, 0.05) is 14.5 Å². The summed E-state index contributed by atoms with van der Waals surface area (Å²) in [4.78, 5) is 0. The molecule has 0 fully saturated rings. The Morgan fingerprint density at radius 1 is 1.24 bits per heavy atom. The molecule has 0 saturated carbocycles. The quantitative estimate of drug-likeness (QED) is 0.656. The van der Waals surface area contributed by atoms with Crippen LogP contribution in [0.2, 0.25) is 0 Å². The van der Waals surface area contributed by atoms with E-state index in [1.807, 2.05) is 12.1 Å². The van der Waals surface area contributed by atoms with E-state index in [9.17, 15) is 0 Å². The molecule has 0 bridgehead atoms. The Kier molecular flexibility index (Phi) is 4.05. The fraction of sp³-hybridized carbons (Fsp3) is 0.294. The van der Waals surface area contributed by atoms with Gasteiger partial charge in [-0.25, -0.2) is 0 Å². The van der Waals surface area contributed by atoms with E-state index in [0.717, 1.165) is 27.8 Å². The molecule has 0 amide bonds. The molecular formula is C17H17BrINO. The lowest BCUT2D eigenvalue weighted by Gasteiger charge is -2.16. The van der Waals surface area contributed by atoms with Gasteiger partial charge in [0.15, 0.2) is 0 Å². The summed E-state index contributed by atoms with van der Waals surface area (Å²) in [6.07, 6.45) is 0.929. The zero-order valence-electron chi connectivity index (χ0n) is 12.0. The number of benzene rings is 2. The first-order valence-corrected chi connectivity index (χ1v) is 8.75. The molecule has 2 nitrogen and oxygen atoms in total. The van der Waals surface area contributed by atoms with Crippen LogP contribution in [0.3, 0.4) is 0 Å². The van der Waals surface area contributed by atoms with Gasteiger partial charge in [-0.3, -0.25) is 0 Å². The van der Waals surface area contributed by atoms with Crippen LogP contribution >= 0.6 is 38.5 Å². The Morgan fingerprint density at radius 3 is 2.76 bits per heavy atom. The molecule has 0 aromatic heterocycles. The summed E-state index contributed by atoms with van der Waals surface area (Å²) in [7, 11) is 0. The van der Waals surface area contributed by atoms with E-state index in [1.54, 1.807) is 0 Å². The Hall–Kier alpha value is -0.590.